The number of nitrogens with zero attached hydrogens (tertiary/aromatic N) is 2. The minimum absolute atomic E-state index is 0.00185. The first kappa shape index (κ1) is 58.0. The molecule has 4 nitrogen and oxygen atoms in total. The van der Waals surface area contributed by atoms with Crippen molar-refractivity contribution in [2.45, 2.75) is 234 Å². The van der Waals surface area contributed by atoms with Gasteiger partial charge in [-0.15, -0.1) is 0 Å². The lowest BCUT2D eigenvalue weighted by Gasteiger charge is -2.50. The fourth-order valence-corrected chi connectivity index (χ4v) is 20.2. The van der Waals surface area contributed by atoms with Crippen LogP contribution in [0.5, 0.6) is 0 Å². The largest absolute Gasteiger partial charge is 0.362 e. The number of carbonyl (C=O) groups is 2. The standard InChI is InChI=1S/C31H45OP.C30H43OP.C2H4N2/c1-20(2)23-17-26(21(3)4)29(27(18-23)22(5)6)25-13-11-12-14-28(25)33-30(7,8)16-15-24(32)19-31(33,9)10;1-19(2)22-15-25(20(3)4)28(26(16-22)21(5)6)24-13-11-12-14-27(24)32-29(7,8)17-23(31)18-30(32,9)10;1-2-4-3/h11-14,17-18,20-22H,15-16,19H2,1-10H3;11-16,19-21H,17-18H2,1-10H3;2H,1H3. The first-order valence-electron chi connectivity index (χ1n) is 26.2. The van der Waals surface area contributed by atoms with E-state index < -0.39 is 15.8 Å². The van der Waals surface area contributed by atoms with Crippen LogP contribution < -0.4 is 10.6 Å². The van der Waals surface area contributed by atoms with E-state index in [0.717, 1.165) is 12.8 Å². The van der Waals surface area contributed by atoms with Crippen molar-refractivity contribution in [3.63, 3.8) is 0 Å². The number of carbonyl (C=O) groups excluding carboxylic acids is 2. The van der Waals surface area contributed by atoms with Crippen LogP contribution in [0.4, 0.5) is 0 Å². The summed E-state index contributed by atoms with van der Waals surface area (Å²) in [6.07, 6.45) is 5.08. The second-order valence-electron chi connectivity index (χ2n) is 24.5. The summed E-state index contributed by atoms with van der Waals surface area (Å²) in [6.45, 7) is 48.3. The van der Waals surface area contributed by atoms with Crippen molar-refractivity contribution in [3.8, 4) is 22.3 Å². The van der Waals surface area contributed by atoms with Gasteiger partial charge >= 0.3 is 0 Å². The van der Waals surface area contributed by atoms with E-state index in [1.54, 1.807) is 6.92 Å². The normalized spacial score (nSPS) is 18.7. The van der Waals surface area contributed by atoms with E-state index in [0.29, 0.717) is 66.3 Å². The number of benzene rings is 4. The Labute approximate surface area is 424 Å². The average molecular weight is 971 g/mol. The molecular weight excluding hydrogens is 879 g/mol. The summed E-state index contributed by atoms with van der Waals surface area (Å²) >= 11 is 0. The van der Waals surface area contributed by atoms with Crippen LogP contribution in [0.1, 0.15) is 246 Å². The van der Waals surface area contributed by atoms with Gasteiger partial charge in [-0.1, -0.05) is 227 Å². The zero-order valence-electron chi connectivity index (χ0n) is 47.1. The van der Waals surface area contributed by atoms with Gasteiger partial charge in [0.15, 0.2) is 0 Å². The zero-order valence-corrected chi connectivity index (χ0v) is 48.9. The molecule has 2 saturated heterocycles. The Bertz CT molecular complexity index is 2400. The smallest absolute Gasteiger partial charge is 0.254 e. The molecule has 4 aromatic rings. The summed E-state index contributed by atoms with van der Waals surface area (Å²) in [7, 11) is -1.08. The summed E-state index contributed by atoms with van der Waals surface area (Å²) in [6, 6.07) is 28.1. The van der Waals surface area contributed by atoms with E-state index in [1.807, 2.05) is 0 Å². The molecule has 0 aliphatic carbocycles. The van der Waals surface area contributed by atoms with Gasteiger partial charge in [-0.2, -0.15) is 4.79 Å². The Morgan fingerprint density at radius 3 is 1.06 bits per heavy atom. The lowest BCUT2D eigenvalue weighted by atomic mass is 9.82. The minimum Gasteiger partial charge on any atom is -0.362 e. The maximum absolute atomic E-state index is 12.7. The van der Waals surface area contributed by atoms with Crippen molar-refractivity contribution < 1.29 is 14.4 Å². The number of Topliss-reactive ketones (excluding diaryl/α,β-unsaturated/α-hetero) is 2. The van der Waals surface area contributed by atoms with Gasteiger partial charge in [0.1, 0.15) is 11.6 Å². The van der Waals surface area contributed by atoms with Crippen molar-refractivity contribution in [2.24, 2.45) is 0 Å². The fourth-order valence-electron chi connectivity index (χ4n) is 11.6. The Kier molecular flexibility index (Phi) is 19.6. The molecule has 1 atom stereocenters. The van der Waals surface area contributed by atoms with E-state index >= 15 is 0 Å². The lowest BCUT2D eigenvalue weighted by Crippen LogP contribution is -2.43. The highest BCUT2D eigenvalue weighted by molar-refractivity contribution is 7.69. The maximum atomic E-state index is 12.7. The highest BCUT2D eigenvalue weighted by Crippen LogP contribution is 2.66. The van der Waals surface area contributed by atoms with Crippen LogP contribution >= 0.6 is 15.8 Å². The molecule has 0 aromatic heterocycles. The van der Waals surface area contributed by atoms with E-state index in [2.05, 4.69) is 216 Å². The van der Waals surface area contributed by atoms with Gasteiger partial charge in [-0.05, 0) is 129 Å². The first-order valence-corrected chi connectivity index (χ1v) is 28.9. The van der Waals surface area contributed by atoms with Crippen LogP contribution in [-0.2, 0) is 9.59 Å². The summed E-state index contributed by atoms with van der Waals surface area (Å²) < 4.78 is 0. The van der Waals surface area contributed by atoms with Crippen LogP contribution in [0, 0.1) is 0 Å². The van der Waals surface area contributed by atoms with Gasteiger partial charge in [0.25, 0.3) is 6.21 Å². The Balaban J connectivity index is 0.000000279. The second kappa shape index (κ2) is 23.3. The lowest BCUT2D eigenvalue weighted by molar-refractivity contribution is -0.120. The molecule has 1 unspecified atom stereocenters. The van der Waals surface area contributed by atoms with Crippen LogP contribution in [0.3, 0.4) is 0 Å². The van der Waals surface area contributed by atoms with Crippen LogP contribution in [-0.4, -0.2) is 43.2 Å². The molecular formula is C63H92N2O2P2. The van der Waals surface area contributed by atoms with E-state index in [9.17, 15) is 9.59 Å². The predicted molar refractivity (Wildman–Crippen MR) is 306 cm³/mol. The molecule has 2 aliphatic rings. The summed E-state index contributed by atoms with van der Waals surface area (Å²) in [5.41, 5.74) is 21.9. The summed E-state index contributed by atoms with van der Waals surface area (Å²) in [5.74, 6) is 3.70. The fraction of sp³-hybridized carbons (Fsp3) is 0.571. The first-order chi connectivity index (χ1) is 31.9. The molecule has 0 saturated carbocycles. The van der Waals surface area contributed by atoms with Gasteiger partial charge < -0.3 is 5.53 Å². The Morgan fingerprint density at radius 1 is 0.478 bits per heavy atom. The quantitative estimate of drug-likeness (QED) is 0.0687. The van der Waals surface area contributed by atoms with Crippen LogP contribution in [0.15, 0.2) is 72.8 Å². The topological polar surface area (TPSA) is 70.5 Å². The third-order valence-electron chi connectivity index (χ3n) is 14.5. The number of hydrogen-bond acceptors (Lipinski definition) is 2. The maximum Gasteiger partial charge on any atom is 0.254 e. The Hall–Kier alpha value is -3.54. The average Bonchev–Trinajstić information content (AvgIpc) is 3.32. The molecule has 6 rings (SSSR count). The third-order valence-corrected chi connectivity index (χ3v) is 21.8. The van der Waals surface area contributed by atoms with E-state index in [-0.39, 0.29) is 20.6 Å². The summed E-state index contributed by atoms with van der Waals surface area (Å²) in [4.78, 5) is 28.0. The van der Waals surface area contributed by atoms with Crippen molar-refractivity contribution in [3.05, 3.63) is 112 Å². The molecule has 2 aliphatic heterocycles. The van der Waals surface area contributed by atoms with Gasteiger partial charge in [-0.3, -0.25) is 9.59 Å². The number of ketones is 2. The highest BCUT2D eigenvalue weighted by Gasteiger charge is 2.49. The highest BCUT2D eigenvalue weighted by atomic mass is 31.1. The molecule has 0 bridgehead atoms. The molecule has 0 amide bonds. The van der Waals surface area contributed by atoms with Gasteiger partial charge in [0.05, 0.1) is 0 Å². The molecule has 376 valence electrons. The number of rotatable bonds is 10. The van der Waals surface area contributed by atoms with Crippen molar-refractivity contribution >= 4 is 44.2 Å². The molecule has 0 N–H and O–H groups in total. The van der Waals surface area contributed by atoms with Crippen LogP contribution in [0.2, 0.25) is 0 Å². The molecule has 0 spiro atoms. The molecule has 4 aromatic carbocycles. The molecule has 0 radical (unpaired) electrons. The van der Waals surface area contributed by atoms with Gasteiger partial charge in [-0.25, -0.2) is 0 Å². The van der Waals surface area contributed by atoms with Gasteiger partial charge in [0.2, 0.25) is 0 Å². The second-order valence-corrected chi connectivity index (χ2v) is 31.7. The van der Waals surface area contributed by atoms with E-state index in [1.165, 1.54) is 72.5 Å². The molecule has 69 heavy (non-hydrogen) atoms. The van der Waals surface area contributed by atoms with Crippen molar-refractivity contribution in [1.82, 2.24) is 0 Å². The Morgan fingerprint density at radius 2 is 0.768 bits per heavy atom. The molecule has 2 fully saturated rings. The monoisotopic (exact) mass is 971 g/mol. The van der Waals surface area contributed by atoms with Crippen molar-refractivity contribution in [1.29, 1.82) is 0 Å². The zero-order chi connectivity index (χ0) is 52.1. The van der Waals surface area contributed by atoms with Crippen LogP contribution in [0.25, 0.3) is 27.8 Å². The SMILES string of the molecule is CC(C)c1cc(C(C)C)c(-c2ccccc2P2C(C)(C)CC(=O)CC2(C)C)c(C(C)C)c1.CC(C)c1cc(C(C)C)c(-c2ccccc2P2C(C)(C)CCC(=O)CC2(C)C)c(C(C)C)c1.CC=[N+]=[N-]. The molecule has 2 heterocycles. The van der Waals surface area contributed by atoms with Crippen molar-refractivity contribution in [2.75, 3.05) is 0 Å². The summed E-state index contributed by atoms with van der Waals surface area (Å²) in [5, 5.41) is 3.06. The molecule has 6 heteroatoms. The number of hydrogen-bond donors (Lipinski definition) is 0. The van der Waals surface area contributed by atoms with E-state index in [4.69, 9.17) is 5.53 Å². The minimum atomic E-state index is -0.555. The third kappa shape index (κ3) is 13.5. The predicted octanol–water partition coefficient (Wildman–Crippen LogP) is 18.2. The van der Waals surface area contributed by atoms with Gasteiger partial charge in [0, 0.05) is 32.6 Å².